The smallest absolute Gasteiger partial charge is 0.293 e. The maximum absolute atomic E-state index is 12.8. The van der Waals surface area contributed by atoms with Crippen molar-refractivity contribution < 1.29 is 14.4 Å². The first-order chi connectivity index (χ1) is 14.8. The quantitative estimate of drug-likeness (QED) is 0.344. The van der Waals surface area contributed by atoms with Crippen LogP contribution in [-0.4, -0.2) is 22.3 Å². The molecule has 2 aromatic rings. The van der Waals surface area contributed by atoms with Gasteiger partial charge in [0.15, 0.2) is 0 Å². The molecule has 1 aliphatic rings. The molecule has 7 heteroatoms. The summed E-state index contributed by atoms with van der Waals surface area (Å²) in [6.45, 7) is 3.64. The lowest BCUT2D eigenvalue weighted by Crippen LogP contribution is -2.27. The highest BCUT2D eigenvalue weighted by Gasteiger charge is 2.35. The zero-order chi connectivity index (χ0) is 22.5. The number of nitrogens with zero attached hydrogens (tertiary/aromatic N) is 1. The third-order valence-corrected chi connectivity index (χ3v) is 6.14. The first kappa shape index (κ1) is 23.1. The van der Waals surface area contributed by atoms with Crippen molar-refractivity contribution in [2.75, 3.05) is 0 Å². The second-order valence-corrected chi connectivity index (χ2v) is 8.84. The first-order valence-electron chi connectivity index (χ1n) is 9.38. The third-order valence-electron chi connectivity index (χ3n) is 4.52. The molecule has 0 saturated carbocycles. The predicted octanol–water partition coefficient (Wildman–Crippen LogP) is 6.78. The average Bonchev–Trinajstić information content (AvgIpc) is 2.99. The molecule has 0 atom stereocenters. The van der Waals surface area contributed by atoms with E-state index in [2.05, 4.69) is 0 Å². The second-order valence-electron chi connectivity index (χ2n) is 7.03. The monoisotopic (exact) mass is 471 g/mol. The van der Waals surface area contributed by atoms with Gasteiger partial charge in [-0.1, -0.05) is 59.6 Å². The van der Waals surface area contributed by atoms with Crippen LogP contribution in [-0.2, 0) is 16.1 Å². The van der Waals surface area contributed by atoms with Gasteiger partial charge < -0.3 is 0 Å². The zero-order valence-corrected chi connectivity index (χ0v) is 19.2. The minimum atomic E-state index is -0.372. The van der Waals surface area contributed by atoms with Gasteiger partial charge in [-0.2, -0.15) is 0 Å². The minimum Gasteiger partial charge on any atom is -0.298 e. The van der Waals surface area contributed by atoms with Gasteiger partial charge >= 0.3 is 0 Å². The largest absolute Gasteiger partial charge is 0.298 e. The van der Waals surface area contributed by atoms with E-state index in [-0.39, 0.29) is 17.7 Å². The molecule has 158 valence electrons. The Kier molecular flexibility index (Phi) is 7.55. The molecule has 0 aliphatic carbocycles. The van der Waals surface area contributed by atoms with E-state index in [0.29, 0.717) is 26.1 Å². The number of benzene rings is 2. The standard InChI is InChI=1S/C24H19Cl2NO3S/c1-15(10-17-6-8-18(9-7-17)11-16(2)14-28)12-22-23(29)27(24(30)31-22)13-19-20(25)4-3-5-21(19)26/h3-12,14H,13H2,1-2H3/b15-10+,16-11+,22-12-. The molecule has 0 bridgehead atoms. The van der Waals surface area contributed by atoms with E-state index in [1.54, 1.807) is 37.3 Å². The number of aldehydes is 1. The summed E-state index contributed by atoms with van der Waals surface area (Å²) in [5.74, 6) is -0.372. The normalized spacial score (nSPS) is 16.4. The van der Waals surface area contributed by atoms with Crippen molar-refractivity contribution in [2.45, 2.75) is 20.4 Å². The van der Waals surface area contributed by atoms with E-state index in [1.807, 2.05) is 37.3 Å². The van der Waals surface area contributed by atoms with E-state index in [4.69, 9.17) is 23.2 Å². The molecule has 1 saturated heterocycles. The van der Waals surface area contributed by atoms with Crippen LogP contribution >= 0.6 is 35.0 Å². The Bertz CT molecular complexity index is 1110. The van der Waals surface area contributed by atoms with Crippen LogP contribution < -0.4 is 0 Å². The molecule has 3 rings (SSSR count). The van der Waals surface area contributed by atoms with Crippen LogP contribution in [0.1, 0.15) is 30.5 Å². The fourth-order valence-corrected chi connectivity index (χ4v) is 4.38. The Labute approximate surface area is 195 Å². The molecular weight excluding hydrogens is 453 g/mol. The lowest BCUT2D eigenvalue weighted by atomic mass is 10.1. The Morgan fingerprint density at radius 1 is 0.935 bits per heavy atom. The number of halogens is 2. The molecule has 0 spiro atoms. The summed E-state index contributed by atoms with van der Waals surface area (Å²) in [6, 6.07) is 12.7. The lowest BCUT2D eigenvalue weighted by molar-refractivity contribution is -0.123. The molecule has 1 aliphatic heterocycles. The lowest BCUT2D eigenvalue weighted by Gasteiger charge is -2.14. The van der Waals surface area contributed by atoms with Crippen molar-refractivity contribution in [1.82, 2.24) is 4.90 Å². The number of hydrogen-bond donors (Lipinski definition) is 0. The number of carbonyl (C=O) groups excluding carboxylic acids is 3. The van der Waals surface area contributed by atoms with Crippen molar-refractivity contribution in [2.24, 2.45) is 0 Å². The summed E-state index contributed by atoms with van der Waals surface area (Å²) < 4.78 is 0. The molecule has 2 aromatic carbocycles. The number of imide groups is 1. The molecule has 2 amide bonds. The maximum Gasteiger partial charge on any atom is 0.293 e. The van der Waals surface area contributed by atoms with Crippen molar-refractivity contribution in [1.29, 1.82) is 0 Å². The highest BCUT2D eigenvalue weighted by Crippen LogP contribution is 2.35. The minimum absolute atomic E-state index is 0.0263. The number of thioether (sulfide) groups is 1. The topological polar surface area (TPSA) is 54.5 Å². The van der Waals surface area contributed by atoms with Crippen molar-refractivity contribution in [3.8, 4) is 0 Å². The van der Waals surface area contributed by atoms with E-state index < -0.39 is 0 Å². The molecular formula is C24H19Cl2NO3S. The number of rotatable bonds is 6. The Morgan fingerprint density at radius 2 is 1.48 bits per heavy atom. The van der Waals surface area contributed by atoms with E-state index in [0.717, 1.165) is 39.6 Å². The van der Waals surface area contributed by atoms with Crippen LogP contribution in [0.4, 0.5) is 4.79 Å². The SMILES string of the molecule is C/C(C=O)=C\c1ccc(/C=C(C)/C=C2\SC(=O)N(Cc3c(Cl)cccc3Cl)C2=O)cc1. The summed E-state index contributed by atoms with van der Waals surface area (Å²) in [6.07, 6.45) is 6.22. The van der Waals surface area contributed by atoms with Crippen molar-refractivity contribution >= 4 is 64.5 Å². The zero-order valence-electron chi connectivity index (χ0n) is 16.9. The highest BCUT2D eigenvalue weighted by molar-refractivity contribution is 8.18. The molecule has 0 radical (unpaired) electrons. The number of allylic oxidation sites excluding steroid dienone is 3. The summed E-state index contributed by atoms with van der Waals surface area (Å²) >= 11 is 13.2. The Morgan fingerprint density at radius 3 is 2.03 bits per heavy atom. The van der Waals surface area contributed by atoms with Crippen LogP contribution in [0.2, 0.25) is 10.0 Å². The average molecular weight is 472 g/mol. The predicted molar refractivity (Wildman–Crippen MR) is 128 cm³/mol. The molecule has 1 fully saturated rings. The van der Waals surface area contributed by atoms with Crippen molar-refractivity contribution in [3.63, 3.8) is 0 Å². The van der Waals surface area contributed by atoms with Gasteiger partial charge in [0.2, 0.25) is 0 Å². The summed E-state index contributed by atoms with van der Waals surface area (Å²) in [7, 11) is 0. The van der Waals surface area contributed by atoms with Crippen LogP contribution in [0.5, 0.6) is 0 Å². The molecule has 4 nitrogen and oxygen atoms in total. The van der Waals surface area contributed by atoms with Crippen LogP contribution in [0, 0.1) is 0 Å². The van der Waals surface area contributed by atoms with Gasteiger partial charge in [-0.3, -0.25) is 19.3 Å². The number of amides is 2. The van der Waals surface area contributed by atoms with E-state index in [1.165, 1.54) is 0 Å². The van der Waals surface area contributed by atoms with Gasteiger partial charge in [-0.05, 0) is 72.2 Å². The number of hydrogen-bond acceptors (Lipinski definition) is 4. The summed E-state index contributed by atoms with van der Waals surface area (Å²) in [5, 5.41) is 0.461. The van der Waals surface area contributed by atoms with Crippen LogP contribution in [0.25, 0.3) is 12.2 Å². The summed E-state index contributed by atoms with van der Waals surface area (Å²) in [4.78, 5) is 37.4. The Balaban J connectivity index is 1.76. The molecule has 0 aromatic heterocycles. The van der Waals surface area contributed by atoms with Crippen LogP contribution in [0.15, 0.2) is 64.6 Å². The van der Waals surface area contributed by atoms with Gasteiger partial charge in [0, 0.05) is 15.6 Å². The van der Waals surface area contributed by atoms with Crippen molar-refractivity contribution in [3.05, 3.63) is 91.3 Å². The second kappa shape index (κ2) is 10.1. The summed E-state index contributed by atoms with van der Waals surface area (Å²) in [5.41, 5.74) is 3.89. The molecule has 0 N–H and O–H groups in total. The molecule has 31 heavy (non-hydrogen) atoms. The highest BCUT2D eigenvalue weighted by atomic mass is 35.5. The first-order valence-corrected chi connectivity index (χ1v) is 11.0. The molecule has 0 unspecified atom stereocenters. The van der Waals surface area contributed by atoms with Gasteiger partial charge in [-0.15, -0.1) is 0 Å². The van der Waals surface area contributed by atoms with E-state index in [9.17, 15) is 14.4 Å². The van der Waals surface area contributed by atoms with E-state index >= 15 is 0 Å². The fourth-order valence-electron chi connectivity index (χ4n) is 2.97. The molecule has 1 heterocycles. The van der Waals surface area contributed by atoms with Gasteiger partial charge in [0.25, 0.3) is 11.1 Å². The van der Waals surface area contributed by atoms with Gasteiger partial charge in [-0.25, -0.2) is 0 Å². The Hall–Kier alpha value is -2.60. The van der Waals surface area contributed by atoms with Crippen LogP contribution in [0.3, 0.4) is 0 Å². The van der Waals surface area contributed by atoms with Gasteiger partial charge in [0.1, 0.15) is 6.29 Å². The maximum atomic E-state index is 12.8. The fraction of sp³-hybridized carbons (Fsp3) is 0.125. The third kappa shape index (κ3) is 5.76. The van der Waals surface area contributed by atoms with Gasteiger partial charge in [0.05, 0.1) is 11.4 Å². The number of carbonyl (C=O) groups is 3.